The molecule has 1 heterocycles. The fourth-order valence-electron chi connectivity index (χ4n) is 2.40. The molecule has 5 atom stereocenters. The number of carbonyl (C=O) groups excluding carboxylic acids is 1. The van der Waals surface area contributed by atoms with Gasteiger partial charge in [0.2, 0.25) is 5.91 Å². The van der Waals surface area contributed by atoms with Crippen LogP contribution in [0.25, 0.3) is 0 Å². The van der Waals surface area contributed by atoms with E-state index in [1.165, 1.54) is 6.92 Å². The molecule has 0 bridgehead atoms. The molecule has 0 aliphatic carbocycles. The number of hydrogen-bond donors (Lipinski definition) is 6. The molecule has 0 aromatic carbocycles. The zero-order valence-electron chi connectivity index (χ0n) is 12.2. The van der Waals surface area contributed by atoms with Crippen molar-refractivity contribution in [1.82, 2.24) is 10.2 Å². The van der Waals surface area contributed by atoms with Crippen LogP contribution in [-0.2, 0) is 4.79 Å². The van der Waals surface area contributed by atoms with Crippen molar-refractivity contribution in [3.8, 4) is 0 Å². The van der Waals surface area contributed by atoms with Crippen molar-refractivity contribution in [1.29, 1.82) is 0 Å². The molecule has 1 saturated heterocycles. The Hall–Kier alpha value is -0.770. The molecule has 0 saturated carbocycles. The second-order valence-corrected chi connectivity index (χ2v) is 5.58. The molecule has 1 rings (SSSR count). The number of likely N-dealkylation sites (tertiary alicyclic amines) is 1. The van der Waals surface area contributed by atoms with Crippen LogP contribution in [0.1, 0.15) is 13.3 Å². The molecule has 0 spiro atoms. The second-order valence-electron chi connectivity index (χ2n) is 5.58. The maximum atomic E-state index is 11.2. The molecule has 8 nitrogen and oxygen atoms in total. The highest BCUT2D eigenvalue weighted by Crippen LogP contribution is 2.15. The van der Waals surface area contributed by atoms with Gasteiger partial charge in [-0.3, -0.25) is 4.79 Å². The second kappa shape index (κ2) is 8.62. The van der Waals surface area contributed by atoms with Crippen LogP contribution in [0, 0.1) is 5.92 Å². The predicted molar refractivity (Wildman–Crippen MR) is 74.3 cm³/mol. The quantitative estimate of drug-likeness (QED) is 0.279. The Morgan fingerprint density at radius 1 is 1.24 bits per heavy atom. The maximum Gasteiger partial charge on any atom is 0.219 e. The number of aliphatic hydroxyl groups is 5. The van der Waals surface area contributed by atoms with E-state index in [4.69, 9.17) is 5.11 Å². The molecule has 6 N–H and O–H groups in total. The molecule has 1 amide bonds. The van der Waals surface area contributed by atoms with Gasteiger partial charge in [-0.25, -0.2) is 0 Å². The molecule has 1 aliphatic heterocycles. The first-order valence-corrected chi connectivity index (χ1v) is 7.16. The maximum absolute atomic E-state index is 11.2. The largest absolute Gasteiger partial charge is 0.394 e. The first kappa shape index (κ1) is 18.3. The van der Waals surface area contributed by atoms with Gasteiger partial charge in [-0.15, -0.1) is 0 Å². The van der Waals surface area contributed by atoms with E-state index < -0.39 is 31.0 Å². The van der Waals surface area contributed by atoms with Crippen molar-refractivity contribution in [2.24, 2.45) is 5.92 Å². The van der Waals surface area contributed by atoms with Crippen LogP contribution < -0.4 is 5.32 Å². The summed E-state index contributed by atoms with van der Waals surface area (Å²) < 4.78 is 0. The predicted octanol–water partition coefficient (Wildman–Crippen LogP) is -3.12. The Balaban J connectivity index is 2.24. The summed E-state index contributed by atoms with van der Waals surface area (Å²) in [6.45, 7) is 2.88. The molecule has 1 aliphatic rings. The Morgan fingerprint density at radius 3 is 2.38 bits per heavy atom. The van der Waals surface area contributed by atoms with E-state index in [0.29, 0.717) is 19.0 Å². The summed E-state index contributed by atoms with van der Waals surface area (Å²) in [5, 5.41) is 49.7. The summed E-state index contributed by atoms with van der Waals surface area (Å²) in [4.78, 5) is 13.0. The first-order valence-electron chi connectivity index (χ1n) is 7.16. The van der Waals surface area contributed by atoms with Crippen LogP contribution in [0.15, 0.2) is 0 Å². The number of rotatable bonds is 8. The number of nitrogens with zero attached hydrogens (tertiary/aromatic N) is 1. The third-order valence-corrected chi connectivity index (χ3v) is 3.84. The smallest absolute Gasteiger partial charge is 0.219 e. The monoisotopic (exact) mass is 306 g/mol. The number of aliphatic hydroxyl groups excluding tert-OH is 5. The van der Waals surface area contributed by atoms with Gasteiger partial charge in [0, 0.05) is 26.6 Å². The van der Waals surface area contributed by atoms with Gasteiger partial charge in [-0.1, -0.05) is 0 Å². The van der Waals surface area contributed by atoms with Crippen LogP contribution in [-0.4, -0.2) is 93.5 Å². The Kier molecular flexibility index (Phi) is 7.50. The third kappa shape index (κ3) is 5.50. The molecule has 1 fully saturated rings. The van der Waals surface area contributed by atoms with E-state index in [1.807, 2.05) is 0 Å². The van der Waals surface area contributed by atoms with E-state index in [-0.39, 0.29) is 12.5 Å². The fraction of sp³-hybridized carbons (Fsp3) is 0.923. The first-order chi connectivity index (χ1) is 9.86. The fourth-order valence-corrected chi connectivity index (χ4v) is 2.40. The molecule has 0 radical (unpaired) electrons. The molecular formula is C13H26N2O6. The average Bonchev–Trinajstić information content (AvgIpc) is 2.93. The van der Waals surface area contributed by atoms with Crippen molar-refractivity contribution in [2.75, 3.05) is 32.8 Å². The van der Waals surface area contributed by atoms with E-state index >= 15 is 0 Å². The number of nitrogens with one attached hydrogen (secondary N) is 1. The van der Waals surface area contributed by atoms with Gasteiger partial charge in [-0.05, 0) is 18.9 Å². The lowest BCUT2D eigenvalue weighted by molar-refractivity contribution is -0.127. The molecular weight excluding hydrogens is 280 g/mol. The number of hydrogen-bond acceptors (Lipinski definition) is 7. The summed E-state index contributed by atoms with van der Waals surface area (Å²) in [7, 11) is 0. The third-order valence-electron chi connectivity index (χ3n) is 3.84. The van der Waals surface area contributed by atoms with Gasteiger partial charge < -0.3 is 35.7 Å². The molecule has 124 valence electrons. The van der Waals surface area contributed by atoms with Crippen LogP contribution in [0.4, 0.5) is 0 Å². The number of carbonyl (C=O) groups is 1. The van der Waals surface area contributed by atoms with Crippen molar-refractivity contribution in [3.05, 3.63) is 0 Å². The minimum atomic E-state index is -1.61. The van der Waals surface area contributed by atoms with Gasteiger partial charge in [-0.2, -0.15) is 0 Å². The van der Waals surface area contributed by atoms with E-state index in [2.05, 4.69) is 5.32 Å². The van der Waals surface area contributed by atoms with Gasteiger partial charge in [0.1, 0.15) is 18.3 Å². The van der Waals surface area contributed by atoms with Gasteiger partial charge >= 0.3 is 0 Å². The lowest BCUT2D eigenvalue weighted by atomic mass is 10.0. The standard InChI is InChI=1S/C13H26N2O6/c1-8(17)15-3-2-9(6-15)4-14-5-10(18)12(20)13(21)11(19)7-16/h9-14,16,18-21H,2-7H2,1H3/t9-,10+,11-,12-,13-/m1/s1. The van der Waals surface area contributed by atoms with Crippen LogP contribution in [0.5, 0.6) is 0 Å². The summed E-state index contributed by atoms with van der Waals surface area (Å²) in [5.41, 5.74) is 0. The van der Waals surface area contributed by atoms with E-state index in [0.717, 1.165) is 13.0 Å². The SMILES string of the molecule is CC(=O)N1CC[C@H](CNC[C@H](O)[C@@H](O)[C@H](O)[C@H](O)CO)C1. The van der Waals surface area contributed by atoms with Crippen molar-refractivity contribution < 1.29 is 30.3 Å². The normalized spacial score (nSPS) is 24.7. The Labute approximate surface area is 124 Å². The minimum Gasteiger partial charge on any atom is -0.394 e. The summed E-state index contributed by atoms with van der Waals surface area (Å²) in [6, 6.07) is 0. The van der Waals surface area contributed by atoms with Gasteiger partial charge in [0.15, 0.2) is 0 Å². The minimum absolute atomic E-state index is 0.0486. The molecule has 21 heavy (non-hydrogen) atoms. The Bertz CT molecular complexity index is 330. The molecule has 0 aromatic rings. The Morgan fingerprint density at radius 2 is 1.86 bits per heavy atom. The highest BCUT2D eigenvalue weighted by molar-refractivity contribution is 5.73. The highest BCUT2D eigenvalue weighted by atomic mass is 16.4. The van der Waals surface area contributed by atoms with Crippen LogP contribution in [0.3, 0.4) is 0 Å². The average molecular weight is 306 g/mol. The summed E-state index contributed by atoms with van der Waals surface area (Å²) in [5.74, 6) is 0.347. The van der Waals surface area contributed by atoms with Crippen molar-refractivity contribution >= 4 is 5.91 Å². The van der Waals surface area contributed by atoms with Crippen LogP contribution >= 0.6 is 0 Å². The highest BCUT2D eigenvalue weighted by Gasteiger charge is 2.30. The lowest BCUT2D eigenvalue weighted by Crippen LogP contribution is -2.49. The zero-order valence-corrected chi connectivity index (χ0v) is 12.2. The summed E-state index contributed by atoms with van der Waals surface area (Å²) >= 11 is 0. The molecule has 0 aromatic heterocycles. The van der Waals surface area contributed by atoms with Gasteiger partial charge in [0.05, 0.1) is 12.7 Å². The van der Waals surface area contributed by atoms with Crippen LogP contribution in [0.2, 0.25) is 0 Å². The van der Waals surface area contributed by atoms with Crippen molar-refractivity contribution in [3.63, 3.8) is 0 Å². The number of amides is 1. The summed E-state index contributed by atoms with van der Waals surface area (Å²) in [6.07, 6.45) is -5.01. The molecule has 8 heteroatoms. The van der Waals surface area contributed by atoms with Crippen molar-refractivity contribution in [2.45, 2.75) is 37.8 Å². The van der Waals surface area contributed by atoms with E-state index in [9.17, 15) is 25.2 Å². The molecule has 0 unspecified atom stereocenters. The van der Waals surface area contributed by atoms with E-state index in [1.54, 1.807) is 4.90 Å². The topological polar surface area (TPSA) is 133 Å². The van der Waals surface area contributed by atoms with Gasteiger partial charge in [0.25, 0.3) is 0 Å². The zero-order chi connectivity index (χ0) is 16.0. The lowest BCUT2D eigenvalue weighted by Gasteiger charge is -2.26.